The maximum Gasteiger partial charge on any atom is 0.136 e. The summed E-state index contributed by atoms with van der Waals surface area (Å²) in [5, 5.41) is 13.5. The number of fused-ring (bicyclic) bond motifs is 2. The van der Waals surface area contributed by atoms with Crippen molar-refractivity contribution in [3.05, 3.63) is 51.8 Å². The molecular formula is C22H28Cl2N6. The molecule has 8 heteroatoms. The fourth-order valence-electron chi connectivity index (χ4n) is 3.56. The largest absolute Gasteiger partial charge is 0.347 e. The molecule has 0 aromatic carbocycles. The second-order valence-corrected chi connectivity index (χ2v) is 9.17. The van der Waals surface area contributed by atoms with Crippen molar-refractivity contribution in [1.29, 1.82) is 0 Å². The number of aryl methyl sites for hydroxylation is 1. The summed E-state index contributed by atoms with van der Waals surface area (Å²) in [4.78, 5) is 4.37. The van der Waals surface area contributed by atoms with E-state index in [0.29, 0.717) is 27.9 Å². The molecule has 0 saturated heterocycles. The predicted molar refractivity (Wildman–Crippen MR) is 124 cm³/mol. The van der Waals surface area contributed by atoms with E-state index in [-0.39, 0.29) is 0 Å². The van der Waals surface area contributed by atoms with Crippen LogP contribution >= 0.6 is 23.2 Å². The van der Waals surface area contributed by atoms with E-state index in [0.717, 1.165) is 22.2 Å². The SMILES string of the molecule is CC(C)c1cc(Cl)n2ncnc(C(C)C)c12.CC(C)c1cnnc2c(Cl)cn(C)c12. The number of hydrogen-bond acceptors (Lipinski definition) is 4. The first-order valence-electron chi connectivity index (χ1n) is 10.1. The second kappa shape index (κ2) is 8.90. The van der Waals surface area contributed by atoms with Crippen LogP contribution < -0.4 is 0 Å². The summed E-state index contributed by atoms with van der Waals surface area (Å²) in [7, 11) is 1.97. The molecule has 0 aliphatic heterocycles. The zero-order valence-corrected chi connectivity index (χ0v) is 20.0. The highest BCUT2D eigenvalue weighted by Crippen LogP contribution is 2.31. The molecule has 4 aromatic rings. The van der Waals surface area contributed by atoms with Crippen LogP contribution in [0.15, 0.2) is 24.8 Å². The zero-order chi connectivity index (χ0) is 22.2. The Balaban J connectivity index is 0.000000172. The van der Waals surface area contributed by atoms with Gasteiger partial charge in [-0.05, 0) is 29.4 Å². The third-order valence-electron chi connectivity index (χ3n) is 5.10. The normalized spacial score (nSPS) is 11.7. The minimum atomic E-state index is 0.369. The van der Waals surface area contributed by atoms with Crippen LogP contribution in [0.1, 0.15) is 76.1 Å². The highest BCUT2D eigenvalue weighted by molar-refractivity contribution is 6.35. The standard InChI is InChI=1S/C12H16ClN3.C10H12ClN3/c1-7(2)9-5-10(13)16-12(9)11(8(3)4)14-6-15-16;1-6(2)7-4-12-13-9-8(11)5-14(3)10(7)9/h5-8H,1-4H3;4-6H,1-3H3. The van der Waals surface area contributed by atoms with Gasteiger partial charge in [0, 0.05) is 18.8 Å². The van der Waals surface area contributed by atoms with Crippen molar-refractivity contribution in [3.8, 4) is 0 Å². The van der Waals surface area contributed by atoms with Gasteiger partial charge >= 0.3 is 0 Å². The molecule has 160 valence electrons. The summed E-state index contributed by atoms with van der Waals surface area (Å²) in [5.41, 5.74) is 6.40. The minimum Gasteiger partial charge on any atom is -0.347 e. The van der Waals surface area contributed by atoms with E-state index in [1.165, 1.54) is 11.1 Å². The average molecular weight is 447 g/mol. The van der Waals surface area contributed by atoms with Gasteiger partial charge in [-0.3, -0.25) is 0 Å². The molecule has 0 atom stereocenters. The van der Waals surface area contributed by atoms with E-state index in [4.69, 9.17) is 23.2 Å². The fraction of sp³-hybridized carbons (Fsp3) is 0.455. The number of aromatic nitrogens is 6. The third-order valence-corrected chi connectivity index (χ3v) is 5.64. The molecule has 0 N–H and O–H groups in total. The summed E-state index contributed by atoms with van der Waals surface area (Å²) in [6.07, 6.45) is 5.24. The van der Waals surface area contributed by atoms with Crippen molar-refractivity contribution in [1.82, 2.24) is 29.4 Å². The number of nitrogens with zero attached hydrogens (tertiary/aromatic N) is 6. The van der Waals surface area contributed by atoms with Crippen LogP contribution in [0.4, 0.5) is 0 Å². The lowest BCUT2D eigenvalue weighted by Gasteiger charge is -2.10. The maximum absolute atomic E-state index is 6.17. The highest BCUT2D eigenvalue weighted by Gasteiger charge is 2.17. The predicted octanol–water partition coefficient (Wildman–Crippen LogP) is 6.37. The van der Waals surface area contributed by atoms with Crippen LogP contribution in [0.25, 0.3) is 16.6 Å². The molecule has 30 heavy (non-hydrogen) atoms. The van der Waals surface area contributed by atoms with Crippen LogP contribution in [-0.4, -0.2) is 29.4 Å². The van der Waals surface area contributed by atoms with Gasteiger partial charge in [0.25, 0.3) is 0 Å². The number of hydrogen-bond donors (Lipinski definition) is 0. The summed E-state index contributed by atoms with van der Waals surface area (Å²) in [6, 6.07) is 1.99. The molecule has 0 saturated carbocycles. The van der Waals surface area contributed by atoms with Crippen LogP contribution in [-0.2, 0) is 7.05 Å². The molecule has 4 heterocycles. The zero-order valence-electron chi connectivity index (χ0n) is 18.5. The molecule has 4 aromatic heterocycles. The topological polar surface area (TPSA) is 60.9 Å². The molecule has 0 spiro atoms. The number of halogens is 2. The van der Waals surface area contributed by atoms with E-state index in [2.05, 4.69) is 61.8 Å². The molecule has 0 aliphatic carbocycles. The lowest BCUT2D eigenvalue weighted by atomic mass is 10.0. The molecule has 0 aliphatic rings. The molecule has 4 rings (SSSR count). The van der Waals surface area contributed by atoms with Gasteiger partial charge in [-0.1, -0.05) is 64.7 Å². The van der Waals surface area contributed by atoms with Crippen molar-refractivity contribution in [2.24, 2.45) is 7.05 Å². The highest BCUT2D eigenvalue weighted by atomic mass is 35.5. The van der Waals surface area contributed by atoms with Gasteiger partial charge < -0.3 is 4.57 Å². The van der Waals surface area contributed by atoms with Gasteiger partial charge in [0.2, 0.25) is 0 Å². The van der Waals surface area contributed by atoms with E-state index < -0.39 is 0 Å². The van der Waals surface area contributed by atoms with Gasteiger partial charge in [-0.15, -0.1) is 5.10 Å². The van der Waals surface area contributed by atoms with Crippen molar-refractivity contribution in [2.45, 2.75) is 59.3 Å². The first kappa shape index (κ1) is 22.5. The van der Waals surface area contributed by atoms with E-state index >= 15 is 0 Å². The lowest BCUT2D eigenvalue weighted by molar-refractivity contribution is 0.777. The first-order chi connectivity index (χ1) is 14.1. The Hall–Kier alpha value is -2.18. The van der Waals surface area contributed by atoms with E-state index in [9.17, 15) is 0 Å². The molecular weight excluding hydrogens is 419 g/mol. The summed E-state index contributed by atoms with van der Waals surface area (Å²) < 4.78 is 3.78. The Kier molecular flexibility index (Phi) is 6.68. The maximum atomic E-state index is 6.17. The molecule has 6 nitrogen and oxygen atoms in total. The van der Waals surface area contributed by atoms with Crippen LogP contribution in [0, 0.1) is 0 Å². The van der Waals surface area contributed by atoms with Gasteiger partial charge in [-0.25, -0.2) is 9.50 Å². The Morgan fingerprint density at radius 1 is 0.900 bits per heavy atom. The van der Waals surface area contributed by atoms with Crippen molar-refractivity contribution < 1.29 is 0 Å². The van der Waals surface area contributed by atoms with Crippen molar-refractivity contribution in [2.75, 3.05) is 0 Å². The van der Waals surface area contributed by atoms with Crippen molar-refractivity contribution in [3.63, 3.8) is 0 Å². The Bertz CT molecular complexity index is 1170. The third kappa shape index (κ3) is 4.16. The Morgan fingerprint density at radius 3 is 2.17 bits per heavy atom. The Labute approximate surface area is 187 Å². The second-order valence-electron chi connectivity index (χ2n) is 8.38. The van der Waals surface area contributed by atoms with Gasteiger partial charge in [-0.2, -0.15) is 10.2 Å². The minimum absolute atomic E-state index is 0.369. The monoisotopic (exact) mass is 446 g/mol. The fourth-order valence-corrected chi connectivity index (χ4v) is 4.08. The summed E-state index contributed by atoms with van der Waals surface area (Å²) in [6.45, 7) is 12.8. The molecule has 0 amide bonds. The van der Waals surface area contributed by atoms with Crippen LogP contribution in [0.3, 0.4) is 0 Å². The lowest BCUT2D eigenvalue weighted by Crippen LogP contribution is -2.02. The quantitative estimate of drug-likeness (QED) is 0.366. The summed E-state index contributed by atoms with van der Waals surface area (Å²) >= 11 is 12.2. The van der Waals surface area contributed by atoms with Gasteiger partial charge in [0.1, 0.15) is 17.0 Å². The van der Waals surface area contributed by atoms with E-state index in [1.54, 1.807) is 10.8 Å². The first-order valence-corrected chi connectivity index (χ1v) is 10.9. The van der Waals surface area contributed by atoms with Crippen LogP contribution in [0.2, 0.25) is 10.2 Å². The van der Waals surface area contributed by atoms with Gasteiger partial charge in [0.15, 0.2) is 0 Å². The van der Waals surface area contributed by atoms with Crippen LogP contribution in [0.5, 0.6) is 0 Å². The van der Waals surface area contributed by atoms with Crippen molar-refractivity contribution >= 4 is 39.8 Å². The molecule has 0 radical (unpaired) electrons. The smallest absolute Gasteiger partial charge is 0.136 e. The number of rotatable bonds is 3. The summed E-state index contributed by atoms with van der Waals surface area (Å²) in [5.74, 6) is 1.22. The van der Waals surface area contributed by atoms with E-state index in [1.807, 2.05) is 30.1 Å². The molecule has 0 bridgehead atoms. The molecule has 0 unspecified atom stereocenters. The van der Waals surface area contributed by atoms with Gasteiger partial charge in [0.05, 0.1) is 27.9 Å². The average Bonchev–Trinajstić information content (AvgIpc) is 3.19. The Morgan fingerprint density at radius 2 is 1.57 bits per heavy atom. The molecule has 0 fully saturated rings.